The summed E-state index contributed by atoms with van der Waals surface area (Å²) in [5.74, 6) is 2.28. The lowest BCUT2D eigenvalue weighted by Crippen LogP contribution is -2.22. The lowest BCUT2D eigenvalue weighted by Gasteiger charge is -2.13. The molecule has 2 rings (SSSR count). The summed E-state index contributed by atoms with van der Waals surface area (Å²) in [6.45, 7) is 4.34. The van der Waals surface area contributed by atoms with Gasteiger partial charge in [0.25, 0.3) is 0 Å². The largest absolute Gasteiger partial charge is 0.393 e. The van der Waals surface area contributed by atoms with Crippen LogP contribution >= 0.6 is 0 Å². The standard InChI is InChI=1S/C8H15NO/c1-5(10)8-6-3-9(2)4-7(6)8/h5-8,10H,3-4H2,1-2H3. The van der Waals surface area contributed by atoms with E-state index in [1.807, 2.05) is 6.92 Å². The number of aliphatic hydroxyl groups excluding tert-OH is 1. The summed E-state index contributed by atoms with van der Waals surface area (Å²) in [5.41, 5.74) is 0. The summed E-state index contributed by atoms with van der Waals surface area (Å²) in [5, 5.41) is 9.27. The Morgan fingerprint density at radius 1 is 1.40 bits per heavy atom. The predicted molar refractivity (Wildman–Crippen MR) is 39.6 cm³/mol. The van der Waals surface area contributed by atoms with Gasteiger partial charge in [0, 0.05) is 13.1 Å². The third-order valence-electron chi connectivity index (χ3n) is 3.00. The normalized spacial score (nSPS) is 48.9. The van der Waals surface area contributed by atoms with E-state index in [1.54, 1.807) is 0 Å². The topological polar surface area (TPSA) is 23.5 Å². The van der Waals surface area contributed by atoms with Gasteiger partial charge >= 0.3 is 0 Å². The molecule has 2 nitrogen and oxygen atoms in total. The Morgan fingerprint density at radius 2 is 1.90 bits per heavy atom. The van der Waals surface area contributed by atoms with Gasteiger partial charge in [0.2, 0.25) is 0 Å². The minimum Gasteiger partial charge on any atom is -0.393 e. The van der Waals surface area contributed by atoms with Crippen molar-refractivity contribution in [3.8, 4) is 0 Å². The molecule has 1 aliphatic heterocycles. The van der Waals surface area contributed by atoms with Crippen LogP contribution in [0.25, 0.3) is 0 Å². The maximum Gasteiger partial charge on any atom is 0.0546 e. The van der Waals surface area contributed by atoms with Gasteiger partial charge in [-0.3, -0.25) is 0 Å². The molecule has 1 saturated heterocycles. The molecular formula is C8H15NO. The van der Waals surface area contributed by atoms with Crippen LogP contribution in [0.15, 0.2) is 0 Å². The molecule has 1 N–H and O–H groups in total. The summed E-state index contributed by atoms with van der Waals surface area (Å²) in [4.78, 5) is 2.36. The molecule has 1 saturated carbocycles. The molecule has 0 aromatic carbocycles. The van der Waals surface area contributed by atoms with Crippen molar-refractivity contribution < 1.29 is 5.11 Å². The highest BCUT2D eigenvalue weighted by molar-refractivity contribution is 5.06. The van der Waals surface area contributed by atoms with E-state index in [0.717, 1.165) is 11.8 Å². The van der Waals surface area contributed by atoms with Crippen LogP contribution in [-0.2, 0) is 0 Å². The lowest BCUT2D eigenvalue weighted by atomic mass is 10.2. The summed E-state index contributed by atoms with van der Waals surface area (Å²) >= 11 is 0. The van der Waals surface area contributed by atoms with Gasteiger partial charge < -0.3 is 10.0 Å². The minimum atomic E-state index is -0.0660. The average molecular weight is 141 g/mol. The molecule has 3 unspecified atom stereocenters. The second-order valence-electron chi connectivity index (χ2n) is 3.87. The zero-order chi connectivity index (χ0) is 7.30. The van der Waals surface area contributed by atoms with Gasteiger partial charge in [-0.15, -0.1) is 0 Å². The van der Waals surface area contributed by atoms with Crippen LogP contribution in [0.3, 0.4) is 0 Å². The van der Waals surface area contributed by atoms with E-state index in [2.05, 4.69) is 11.9 Å². The zero-order valence-corrected chi connectivity index (χ0v) is 6.62. The number of hydrogen-bond donors (Lipinski definition) is 1. The number of nitrogens with zero attached hydrogens (tertiary/aromatic N) is 1. The smallest absolute Gasteiger partial charge is 0.0546 e. The second kappa shape index (κ2) is 1.95. The molecule has 0 radical (unpaired) electrons. The van der Waals surface area contributed by atoms with Crippen LogP contribution in [0.4, 0.5) is 0 Å². The molecule has 2 heteroatoms. The van der Waals surface area contributed by atoms with Crippen molar-refractivity contribution in [2.45, 2.75) is 13.0 Å². The Balaban J connectivity index is 1.92. The monoisotopic (exact) mass is 141 g/mol. The van der Waals surface area contributed by atoms with E-state index in [9.17, 15) is 5.11 Å². The molecule has 0 spiro atoms. The van der Waals surface area contributed by atoms with Crippen molar-refractivity contribution >= 4 is 0 Å². The van der Waals surface area contributed by atoms with E-state index in [4.69, 9.17) is 0 Å². The van der Waals surface area contributed by atoms with E-state index < -0.39 is 0 Å². The highest BCUT2D eigenvalue weighted by atomic mass is 16.3. The van der Waals surface area contributed by atoms with Crippen molar-refractivity contribution in [1.29, 1.82) is 0 Å². The Bertz CT molecular complexity index is 134. The second-order valence-corrected chi connectivity index (χ2v) is 3.87. The van der Waals surface area contributed by atoms with E-state index in [0.29, 0.717) is 5.92 Å². The third kappa shape index (κ3) is 0.789. The number of rotatable bonds is 1. The highest BCUT2D eigenvalue weighted by Crippen LogP contribution is 2.52. The van der Waals surface area contributed by atoms with Gasteiger partial charge in [-0.2, -0.15) is 0 Å². The predicted octanol–water partition coefficient (Wildman–Crippen LogP) is 0.175. The average Bonchev–Trinajstić information content (AvgIpc) is 2.32. The summed E-state index contributed by atoms with van der Waals surface area (Å²) < 4.78 is 0. The van der Waals surface area contributed by atoms with Crippen molar-refractivity contribution in [2.75, 3.05) is 20.1 Å². The molecule has 2 fully saturated rings. The number of piperidine rings is 1. The van der Waals surface area contributed by atoms with Gasteiger partial charge in [0.15, 0.2) is 0 Å². The van der Waals surface area contributed by atoms with Gasteiger partial charge in [0.1, 0.15) is 0 Å². The molecule has 1 aliphatic carbocycles. The first-order valence-electron chi connectivity index (χ1n) is 4.07. The fourth-order valence-electron chi connectivity index (χ4n) is 2.50. The van der Waals surface area contributed by atoms with Crippen LogP contribution in [-0.4, -0.2) is 36.2 Å². The molecule has 3 atom stereocenters. The summed E-state index contributed by atoms with van der Waals surface area (Å²) in [6.07, 6.45) is -0.0660. The molecular weight excluding hydrogens is 126 g/mol. The van der Waals surface area contributed by atoms with Crippen LogP contribution in [0, 0.1) is 17.8 Å². The van der Waals surface area contributed by atoms with E-state index in [-0.39, 0.29) is 6.10 Å². The van der Waals surface area contributed by atoms with Gasteiger partial charge in [-0.1, -0.05) is 0 Å². The van der Waals surface area contributed by atoms with Crippen LogP contribution < -0.4 is 0 Å². The number of aliphatic hydroxyl groups is 1. The van der Waals surface area contributed by atoms with Crippen LogP contribution in [0.2, 0.25) is 0 Å². The molecule has 1 heterocycles. The molecule has 0 amide bonds. The molecule has 0 aromatic rings. The Morgan fingerprint density at radius 3 is 2.30 bits per heavy atom. The van der Waals surface area contributed by atoms with Gasteiger partial charge in [-0.05, 0) is 31.7 Å². The first-order valence-corrected chi connectivity index (χ1v) is 4.07. The van der Waals surface area contributed by atoms with Gasteiger partial charge in [-0.25, -0.2) is 0 Å². The minimum absolute atomic E-state index is 0.0660. The molecule has 2 aliphatic rings. The fraction of sp³-hybridized carbons (Fsp3) is 1.00. The zero-order valence-electron chi connectivity index (χ0n) is 6.62. The van der Waals surface area contributed by atoms with E-state index >= 15 is 0 Å². The third-order valence-corrected chi connectivity index (χ3v) is 3.00. The van der Waals surface area contributed by atoms with Crippen molar-refractivity contribution in [1.82, 2.24) is 4.90 Å². The van der Waals surface area contributed by atoms with Crippen molar-refractivity contribution in [2.24, 2.45) is 17.8 Å². The molecule has 0 bridgehead atoms. The Kier molecular flexibility index (Phi) is 1.29. The quantitative estimate of drug-likeness (QED) is 0.563. The first kappa shape index (κ1) is 6.62. The van der Waals surface area contributed by atoms with Crippen LogP contribution in [0.5, 0.6) is 0 Å². The highest BCUT2D eigenvalue weighted by Gasteiger charge is 2.56. The number of likely N-dealkylation sites (tertiary alicyclic amines) is 1. The molecule has 58 valence electrons. The molecule has 0 aromatic heterocycles. The number of hydrogen-bond acceptors (Lipinski definition) is 2. The number of fused-ring (bicyclic) bond motifs is 1. The van der Waals surface area contributed by atoms with Crippen molar-refractivity contribution in [3.63, 3.8) is 0 Å². The maximum atomic E-state index is 9.27. The summed E-state index contributed by atoms with van der Waals surface area (Å²) in [7, 11) is 2.16. The fourth-order valence-corrected chi connectivity index (χ4v) is 2.50. The first-order chi connectivity index (χ1) is 4.70. The summed E-state index contributed by atoms with van der Waals surface area (Å²) in [6, 6.07) is 0. The maximum absolute atomic E-state index is 9.27. The Labute approximate surface area is 61.8 Å². The molecule has 10 heavy (non-hydrogen) atoms. The van der Waals surface area contributed by atoms with Crippen LogP contribution in [0.1, 0.15) is 6.92 Å². The Hall–Kier alpha value is -0.0800. The van der Waals surface area contributed by atoms with E-state index in [1.165, 1.54) is 13.1 Å². The SMILES string of the molecule is CC(O)C1C2CN(C)CC21. The van der Waals surface area contributed by atoms with Gasteiger partial charge in [0.05, 0.1) is 6.10 Å². The van der Waals surface area contributed by atoms with Crippen molar-refractivity contribution in [3.05, 3.63) is 0 Å². The lowest BCUT2D eigenvalue weighted by molar-refractivity contribution is 0.145.